The van der Waals surface area contributed by atoms with Crippen molar-refractivity contribution in [3.63, 3.8) is 0 Å². The van der Waals surface area contributed by atoms with E-state index in [1.807, 2.05) is 56.7 Å². The summed E-state index contributed by atoms with van der Waals surface area (Å²) in [6.45, 7) is 5.81. The van der Waals surface area contributed by atoms with E-state index >= 15 is 0 Å². The van der Waals surface area contributed by atoms with Crippen molar-refractivity contribution in [2.24, 2.45) is 7.05 Å². The molecule has 21 heavy (non-hydrogen) atoms. The number of aliphatic hydroxyl groups excluding tert-OH is 1. The van der Waals surface area contributed by atoms with Crippen LogP contribution in [0.15, 0.2) is 28.7 Å². The van der Waals surface area contributed by atoms with Gasteiger partial charge < -0.3 is 14.1 Å². The van der Waals surface area contributed by atoms with Crippen molar-refractivity contribution in [3.8, 4) is 0 Å². The molecule has 0 radical (unpaired) electrons. The fourth-order valence-corrected chi connectivity index (χ4v) is 2.95. The van der Waals surface area contributed by atoms with Gasteiger partial charge in [0.2, 0.25) is 0 Å². The van der Waals surface area contributed by atoms with Crippen LogP contribution in [0.1, 0.15) is 34.6 Å². The van der Waals surface area contributed by atoms with Gasteiger partial charge in [-0.2, -0.15) is 0 Å². The molecule has 3 aromatic rings. The second-order valence-corrected chi connectivity index (χ2v) is 5.55. The maximum Gasteiger partial charge on any atom is 0.112 e. The lowest BCUT2D eigenvalue weighted by atomic mass is 10.0. The number of fused-ring (bicyclic) bond motifs is 1. The number of benzene rings is 1. The highest BCUT2D eigenvalue weighted by Crippen LogP contribution is 2.29. The third kappa shape index (κ3) is 2.25. The van der Waals surface area contributed by atoms with Gasteiger partial charge in [0.1, 0.15) is 17.3 Å². The molecular formula is C17H20N2O2. The van der Waals surface area contributed by atoms with Crippen LogP contribution in [0.3, 0.4) is 0 Å². The Bertz CT molecular complexity index is 799. The lowest BCUT2D eigenvalue weighted by Crippen LogP contribution is -2.08. The fourth-order valence-electron chi connectivity index (χ4n) is 2.95. The zero-order valence-corrected chi connectivity index (χ0v) is 12.8. The molecule has 0 bridgehead atoms. The van der Waals surface area contributed by atoms with Crippen molar-refractivity contribution in [1.29, 1.82) is 0 Å². The smallest absolute Gasteiger partial charge is 0.112 e. The van der Waals surface area contributed by atoms with Gasteiger partial charge in [0.15, 0.2) is 0 Å². The summed E-state index contributed by atoms with van der Waals surface area (Å²) in [6.07, 6.45) is -0.121. The summed E-state index contributed by atoms with van der Waals surface area (Å²) in [5.41, 5.74) is 3.95. The van der Waals surface area contributed by atoms with Gasteiger partial charge in [-0.1, -0.05) is 12.1 Å². The largest absolute Gasteiger partial charge is 0.466 e. The number of hydrogen-bond acceptors (Lipinski definition) is 3. The number of nitrogens with zero attached hydrogens (tertiary/aromatic N) is 2. The molecule has 2 aromatic heterocycles. The Morgan fingerprint density at radius 3 is 2.52 bits per heavy atom. The molecule has 110 valence electrons. The molecule has 1 atom stereocenters. The SMILES string of the molecule is Cc1oc(C)c(C(O)Cc2nc3ccccc3n2C)c1C. The molecule has 3 rings (SSSR count). The Labute approximate surface area is 124 Å². The van der Waals surface area contributed by atoms with Crippen LogP contribution in [0, 0.1) is 20.8 Å². The second-order valence-electron chi connectivity index (χ2n) is 5.55. The van der Waals surface area contributed by atoms with Gasteiger partial charge >= 0.3 is 0 Å². The van der Waals surface area contributed by atoms with E-state index in [2.05, 4.69) is 4.98 Å². The standard InChI is InChI=1S/C17H20N2O2/c1-10-11(2)21-12(3)17(10)15(20)9-16-18-13-7-5-6-8-14(13)19(16)4/h5-8,15,20H,9H2,1-4H3. The highest BCUT2D eigenvalue weighted by Gasteiger charge is 2.21. The van der Waals surface area contributed by atoms with Crippen LogP contribution >= 0.6 is 0 Å². The minimum atomic E-state index is -0.599. The summed E-state index contributed by atoms with van der Waals surface area (Å²) in [4.78, 5) is 4.62. The van der Waals surface area contributed by atoms with Crippen LogP contribution in [-0.4, -0.2) is 14.7 Å². The quantitative estimate of drug-likeness (QED) is 0.802. The van der Waals surface area contributed by atoms with E-state index in [0.717, 1.165) is 39.5 Å². The maximum absolute atomic E-state index is 10.6. The summed E-state index contributed by atoms with van der Waals surface area (Å²) in [6, 6.07) is 8.00. The van der Waals surface area contributed by atoms with Crippen LogP contribution in [-0.2, 0) is 13.5 Å². The van der Waals surface area contributed by atoms with Crippen molar-refractivity contribution in [2.45, 2.75) is 33.3 Å². The molecule has 1 N–H and O–H groups in total. The Morgan fingerprint density at radius 2 is 1.90 bits per heavy atom. The molecule has 0 saturated heterocycles. The molecule has 2 heterocycles. The summed E-state index contributed by atoms with van der Waals surface area (Å²) in [5.74, 6) is 2.53. The minimum absolute atomic E-state index is 0.478. The lowest BCUT2D eigenvalue weighted by molar-refractivity contribution is 0.172. The average Bonchev–Trinajstić information content (AvgIpc) is 2.88. The topological polar surface area (TPSA) is 51.2 Å². The van der Waals surface area contributed by atoms with Gasteiger partial charge in [-0.25, -0.2) is 4.98 Å². The van der Waals surface area contributed by atoms with Crippen LogP contribution < -0.4 is 0 Å². The van der Waals surface area contributed by atoms with E-state index in [1.54, 1.807) is 0 Å². The Hall–Kier alpha value is -2.07. The third-order valence-corrected chi connectivity index (χ3v) is 4.21. The summed E-state index contributed by atoms with van der Waals surface area (Å²) in [5, 5.41) is 10.6. The number of aliphatic hydroxyl groups is 1. The van der Waals surface area contributed by atoms with Gasteiger partial charge in [0.25, 0.3) is 0 Å². The van der Waals surface area contributed by atoms with Crippen LogP contribution in [0.4, 0.5) is 0 Å². The zero-order chi connectivity index (χ0) is 15.1. The van der Waals surface area contributed by atoms with Crippen LogP contribution in [0.25, 0.3) is 11.0 Å². The number of para-hydroxylation sites is 2. The second kappa shape index (κ2) is 5.04. The maximum atomic E-state index is 10.6. The minimum Gasteiger partial charge on any atom is -0.466 e. The predicted molar refractivity (Wildman–Crippen MR) is 82.3 cm³/mol. The van der Waals surface area contributed by atoms with Crippen molar-refractivity contribution in [2.75, 3.05) is 0 Å². The molecule has 0 aliphatic carbocycles. The van der Waals surface area contributed by atoms with E-state index < -0.39 is 6.10 Å². The molecule has 4 nitrogen and oxygen atoms in total. The predicted octanol–water partition coefficient (Wildman–Crippen LogP) is 3.37. The monoisotopic (exact) mass is 284 g/mol. The number of aromatic nitrogens is 2. The molecule has 1 unspecified atom stereocenters. The Morgan fingerprint density at radius 1 is 1.19 bits per heavy atom. The highest BCUT2D eigenvalue weighted by molar-refractivity contribution is 5.75. The Balaban J connectivity index is 1.96. The number of aryl methyl sites for hydroxylation is 3. The fraction of sp³-hybridized carbons (Fsp3) is 0.353. The lowest BCUT2D eigenvalue weighted by Gasteiger charge is -2.11. The van der Waals surface area contributed by atoms with Crippen LogP contribution in [0.5, 0.6) is 0 Å². The third-order valence-electron chi connectivity index (χ3n) is 4.21. The average molecular weight is 284 g/mol. The van der Waals surface area contributed by atoms with E-state index in [-0.39, 0.29) is 0 Å². The van der Waals surface area contributed by atoms with Crippen molar-refractivity contribution < 1.29 is 9.52 Å². The van der Waals surface area contributed by atoms with Gasteiger partial charge in [-0.15, -0.1) is 0 Å². The van der Waals surface area contributed by atoms with E-state index in [4.69, 9.17) is 4.42 Å². The molecule has 4 heteroatoms. The van der Waals surface area contributed by atoms with Crippen molar-refractivity contribution in [1.82, 2.24) is 9.55 Å². The highest BCUT2D eigenvalue weighted by atomic mass is 16.3. The molecule has 0 aliphatic heterocycles. The molecule has 1 aromatic carbocycles. The first kappa shape index (κ1) is 13.9. The molecule has 0 fully saturated rings. The zero-order valence-electron chi connectivity index (χ0n) is 12.8. The summed E-state index contributed by atoms with van der Waals surface area (Å²) in [7, 11) is 1.98. The molecular weight excluding hydrogens is 264 g/mol. The molecule has 0 spiro atoms. The van der Waals surface area contributed by atoms with Gasteiger partial charge in [-0.05, 0) is 38.5 Å². The molecule has 0 aliphatic rings. The number of hydrogen-bond donors (Lipinski definition) is 1. The Kier molecular flexibility index (Phi) is 3.33. The van der Waals surface area contributed by atoms with Gasteiger partial charge in [0.05, 0.1) is 17.1 Å². The van der Waals surface area contributed by atoms with Gasteiger partial charge in [-0.3, -0.25) is 0 Å². The van der Waals surface area contributed by atoms with Crippen molar-refractivity contribution in [3.05, 3.63) is 52.7 Å². The number of rotatable bonds is 3. The summed E-state index contributed by atoms with van der Waals surface area (Å²) < 4.78 is 7.64. The molecule has 0 amide bonds. The first-order valence-corrected chi connectivity index (χ1v) is 7.14. The van der Waals surface area contributed by atoms with Crippen LogP contribution in [0.2, 0.25) is 0 Å². The van der Waals surface area contributed by atoms with E-state index in [0.29, 0.717) is 6.42 Å². The number of imidazole rings is 1. The van der Waals surface area contributed by atoms with E-state index in [1.165, 1.54) is 0 Å². The molecule has 0 saturated carbocycles. The normalized spacial score (nSPS) is 13.0. The van der Waals surface area contributed by atoms with E-state index in [9.17, 15) is 5.11 Å². The first-order valence-electron chi connectivity index (χ1n) is 7.14. The first-order chi connectivity index (χ1) is 9.99. The van der Waals surface area contributed by atoms with Crippen molar-refractivity contribution >= 4 is 11.0 Å². The number of furan rings is 1. The van der Waals surface area contributed by atoms with Gasteiger partial charge in [0, 0.05) is 19.0 Å². The summed E-state index contributed by atoms with van der Waals surface area (Å²) >= 11 is 0.